The number of nitrogens with one attached hydrogen (secondary N) is 1. The van der Waals surface area contributed by atoms with Crippen molar-refractivity contribution in [3.8, 4) is 0 Å². The summed E-state index contributed by atoms with van der Waals surface area (Å²) >= 11 is 0. The van der Waals surface area contributed by atoms with E-state index in [0.717, 1.165) is 57.6 Å². The molecule has 2 saturated carbocycles. The van der Waals surface area contributed by atoms with Gasteiger partial charge in [0.2, 0.25) is 5.91 Å². The Balaban J connectivity index is 1.27. The van der Waals surface area contributed by atoms with E-state index in [0.29, 0.717) is 11.8 Å². The van der Waals surface area contributed by atoms with Gasteiger partial charge in [0.1, 0.15) is 0 Å². The van der Waals surface area contributed by atoms with Gasteiger partial charge >= 0.3 is 0 Å². The van der Waals surface area contributed by atoms with Gasteiger partial charge in [0, 0.05) is 25.6 Å². The van der Waals surface area contributed by atoms with E-state index >= 15 is 0 Å². The van der Waals surface area contributed by atoms with Crippen LogP contribution in [0.2, 0.25) is 0 Å². The average molecular weight is 252 g/mol. The predicted molar refractivity (Wildman–Crippen MR) is 69.2 cm³/mol. The molecule has 1 heterocycles. The molecule has 0 aromatic rings. The van der Waals surface area contributed by atoms with Crippen LogP contribution < -0.4 is 5.32 Å². The van der Waals surface area contributed by atoms with Crippen LogP contribution in [0.3, 0.4) is 0 Å². The van der Waals surface area contributed by atoms with Crippen LogP contribution in [-0.4, -0.2) is 50.2 Å². The molecular formula is C14H24N2O2. The number of rotatable bonds is 5. The standard InChI is InChI=1S/C14H24N2O2/c17-14(13-11-3-1-4-12(11)13)15-5-2-6-16-7-9-18-10-8-16/h11-13H,1-10H2,(H,15,17). The zero-order chi connectivity index (χ0) is 12.4. The van der Waals surface area contributed by atoms with Crippen molar-refractivity contribution >= 4 is 5.91 Å². The Morgan fingerprint density at radius 1 is 1.22 bits per heavy atom. The number of carbonyl (C=O) groups excluding carboxylic acids is 1. The van der Waals surface area contributed by atoms with Crippen LogP contribution >= 0.6 is 0 Å². The number of fused-ring (bicyclic) bond motifs is 1. The van der Waals surface area contributed by atoms with Crippen molar-refractivity contribution in [3.63, 3.8) is 0 Å². The predicted octanol–water partition coefficient (Wildman–Crippen LogP) is 0.871. The zero-order valence-corrected chi connectivity index (χ0v) is 11.1. The summed E-state index contributed by atoms with van der Waals surface area (Å²) in [5.74, 6) is 2.18. The molecule has 2 atom stereocenters. The summed E-state index contributed by atoms with van der Waals surface area (Å²) in [5, 5.41) is 3.12. The maximum Gasteiger partial charge on any atom is 0.223 e. The van der Waals surface area contributed by atoms with Gasteiger partial charge in [-0.1, -0.05) is 6.42 Å². The maximum absolute atomic E-state index is 11.9. The first-order chi connectivity index (χ1) is 8.86. The Labute approximate surface area is 109 Å². The van der Waals surface area contributed by atoms with Crippen molar-refractivity contribution in [2.45, 2.75) is 25.7 Å². The number of morpholine rings is 1. The monoisotopic (exact) mass is 252 g/mol. The third kappa shape index (κ3) is 2.69. The van der Waals surface area contributed by atoms with Crippen molar-refractivity contribution in [1.82, 2.24) is 10.2 Å². The van der Waals surface area contributed by atoms with Crippen LogP contribution in [0.25, 0.3) is 0 Å². The molecule has 0 bridgehead atoms. The van der Waals surface area contributed by atoms with Crippen LogP contribution in [0.5, 0.6) is 0 Å². The molecular weight excluding hydrogens is 228 g/mol. The lowest BCUT2D eigenvalue weighted by molar-refractivity contribution is -0.123. The van der Waals surface area contributed by atoms with Gasteiger partial charge in [-0.3, -0.25) is 9.69 Å². The minimum Gasteiger partial charge on any atom is -0.379 e. The number of ether oxygens (including phenoxy) is 1. The van der Waals surface area contributed by atoms with E-state index in [1.54, 1.807) is 0 Å². The van der Waals surface area contributed by atoms with Gasteiger partial charge in [0.05, 0.1) is 13.2 Å². The summed E-state index contributed by atoms with van der Waals surface area (Å²) < 4.78 is 5.31. The summed E-state index contributed by atoms with van der Waals surface area (Å²) in [7, 11) is 0. The number of hydrogen-bond donors (Lipinski definition) is 1. The molecule has 1 amide bonds. The third-order valence-corrected chi connectivity index (χ3v) is 4.76. The van der Waals surface area contributed by atoms with E-state index in [2.05, 4.69) is 10.2 Å². The Morgan fingerprint density at radius 3 is 2.67 bits per heavy atom. The van der Waals surface area contributed by atoms with Gasteiger partial charge in [-0.2, -0.15) is 0 Å². The molecule has 3 fully saturated rings. The quantitative estimate of drug-likeness (QED) is 0.738. The van der Waals surface area contributed by atoms with Crippen molar-refractivity contribution in [2.24, 2.45) is 17.8 Å². The largest absolute Gasteiger partial charge is 0.379 e. The van der Waals surface area contributed by atoms with Crippen LogP contribution in [0.4, 0.5) is 0 Å². The van der Waals surface area contributed by atoms with Crippen LogP contribution in [0.1, 0.15) is 25.7 Å². The van der Waals surface area contributed by atoms with E-state index in [-0.39, 0.29) is 0 Å². The summed E-state index contributed by atoms with van der Waals surface area (Å²) in [6, 6.07) is 0. The smallest absolute Gasteiger partial charge is 0.223 e. The zero-order valence-electron chi connectivity index (χ0n) is 11.1. The first-order valence-corrected chi connectivity index (χ1v) is 7.44. The molecule has 0 spiro atoms. The number of hydrogen-bond acceptors (Lipinski definition) is 3. The summed E-state index contributed by atoms with van der Waals surface area (Å²) in [6.45, 7) is 5.73. The fraction of sp³-hybridized carbons (Fsp3) is 0.929. The number of nitrogens with zero attached hydrogens (tertiary/aromatic N) is 1. The van der Waals surface area contributed by atoms with Crippen molar-refractivity contribution in [1.29, 1.82) is 0 Å². The molecule has 0 aromatic heterocycles. The van der Waals surface area contributed by atoms with Gasteiger partial charge < -0.3 is 10.1 Å². The highest BCUT2D eigenvalue weighted by molar-refractivity contribution is 5.82. The fourth-order valence-corrected chi connectivity index (χ4v) is 3.67. The Hall–Kier alpha value is -0.610. The SMILES string of the molecule is O=C(NCCCN1CCOCC1)C1C2CCCC21. The van der Waals surface area contributed by atoms with E-state index in [9.17, 15) is 4.79 Å². The highest BCUT2D eigenvalue weighted by atomic mass is 16.5. The lowest BCUT2D eigenvalue weighted by Crippen LogP contribution is -2.38. The second kappa shape index (κ2) is 5.57. The average Bonchev–Trinajstić information content (AvgIpc) is 2.89. The topological polar surface area (TPSA) is 41.6 Å². The molecule has 3 aliphatic rings. The minimum absolute atomic E-state index is 0.326. The molecule has 18 heavy (non-hydrogen) atoms. The second-order valence-electron chi connectivity index (χ2n) is 5.88. The molecule has 0 radical (unpaired) electrons. The lowest BCUT2D eigenvalue weighted by Gasteiger charge is -2.26. The van der Waals surface area contributed by atoms with E-state index < -0.39 is 0 Å². The van der Waals surface area contributed by atoms with Gasteiger partial charge in [0.15, 0.2) is 0 Å². The molecule has 1 aliphatic heterocycles. The molecule has 3 rings (SSSR count). The highest BCUT2D eigenvalue weighted by Gasteiger charge is 2.56. The van der Waals surface area contributed by atoms with Crippen LogP contribution in [0.15, 0.2) is 0 Å². The van der Waals surface area contributed by atoms with Gasteiger partial charge in [-0.15, -0.1) is 0 Å². The summed E-state index contributed by atoms with van der Waals surface area (Å²) in [4.78, 5) is 14.3. The van der Waals surface area contributed by atoms with E-state index in [1.165, 1.54) is 19.3 Å². The van der Waals surface area contributed by atoms with Crippen molar-refractivity contribution < 1.29 is 9.53 Å². The highest BCUT2D eigenvalue weighted by Crippen LogP contribution is 2.57. The molecule has 102 valence electrons. The normalized spacial score (nSPS) is 35.2. The van der Waals surface area contributed by atoms with Crippen LogP contribution in [0, 0.1) is 17.8 Å². The first kappa shape index (κ1) is 12.4. The third-order valence-electron chi connectivity index (χ3n) is 4.76. The summed E-state index contributed by atoms with van der Waals surface area (Å²) in [5.41, 5.74) is 0. The molecule has 4 nitrogen and oxygen atoms in total. The van der Waals surface area contributed by atoms with Crippen molar-refractivity contribution in [2.75, 3.05) is 39.4 Å². The molecule has 2 unspecified atom stereocenters. The number of carbonyl (C=O) groups is 1. The fourth-order valence-electron chi connectivity index (χ4n) is 3.67. The molecule has 1 N–H and O–H groups in total. The van der Waals surface area contributed by atoms with Crippen LogP contribution in [-0.2, 0) is 9.53 Å². The molecule has 2 aliphatic carbocycles. The Morgan fingerprint density at radius 2 is 1.94 bits per heavy atom. The van der Waals surface area contributed by atoms with Gasteiger partial charge in [0.25, 0.3) is 0 Å². The van der Waals surface area contributed by atoms with E-state index in [4.69, 9.17) is 4.74 Å². The van der Waals surface area contributed by atoms with Crippen molar-refractivity contribution in [3.05, 3.63) is 0 Å². The first-order valence-electron chi connectivity index (χ1n) is 7.44. The van der Waals surface area contributed by atoms with E-state index in [1.807, 2.05) is 0 Å². The Kier molecular flexibility index (Phi) is 3.85. The second-order valence-corrected chi connectivity index (χ2v) is 5.88. The van der Waals surface area contributed by atoms with Gasteiger partial charge in [-0.25, -0.2) is 0 Å². The lowest BCUT2D eigenvalue weighted by atomic mass is 10.1. The molecule has 1 saturated heterocycles. The van der Waals surface area contributed by atoms with Gasteiger partial charge in [-0.05, 0) is 37.6 Å². The number of amides is 1. The molecule has 0 aromatic carbocycles. The minimum atomic E-state index is 0.326. The summed E-state index contributed by atoms with van der Waals surface area (Å²) in [6.07, 6.45) is 4.98. The maximum atomic E-state index is 11.9. The molecule has 4 heteroatoms. The Bertz CT molecular complexity index is 292.